The number of likely N-dealkylation sites (N-methyl/N-ethyl adjacent to an activating group) is 1. The van der Waals surface area contributed by atoms with Crippen LogP contribution in [-0.4, -0.2) is 79.1 Å². The van der Waals surface area contributed by atoms with Gasteiger partial charge in [-0.15, -0.1) is 6.58 Å². The predicted molar refractivity (Wildman–Crippen MR) is 191 cm³/mol. The first-order valence-electron chi connectivity index (χ1n) is 17.5. The molecule has 0 bridgehead atoms. The van der Waals surface area contributed by atoms with Gasteiger partial charge in [0, 0.05) is 43.7 Å². The number of unbranched alkanes of at least 4 members (excludes halogenated alkanes) is 2. The zero-order chi connectivity index (χ0) is 35.7. The molecule has 1 saturated carbocycles. The summed E-state index contributed by atoms with van der Waals surface area (Å²) in [5.41, 5.74) is 3.57. The molecule has 0 spiro atoms. The van der Waals surface area contributed by atoms with Crippen LogP contribution in [0.1, 0.15) is 72.3 Å². The lowest BCUT2D eigenvalue weighted by Gasteiger charge is -2.59. The Hall–Kier alpha value is -4.43. The standard InChI is InChI=1S/C40H49N3O7/c1-5-21-48-30-17-18-35-33(24-30)37-31(12-8-10-20-45)29(11-7-9-19-44)23-32-34(42-47-4)25-36(40(50-35,38(32)37)49-22-6-2)43(3)39(46)28-15-13-27(26-41)14-16-28/h5-6,13-18,23-24,29,31,36-38,44-45H,1-2,7-12,19-22,25H2,3-4H3/t29-,31+,36-,37+,38+,40+/m0/s1. The van der Waals surface area contributed by atoms with E-state index in [9.17, 15) is 20.3 Å². The number of carbonyl (C=O) groups excluding carboxylic acids is 1. The first kappa shape index (κ1) is 36.8. The van der Waals surface area contributed by atoms with Gasteiger partial charge in [-0.1, -0.05) is 42.8 Å². The molecule has 2 aromatic carbocycles. The van der Waals surface area contributed by atoms with Gasteiger partial charge in [0.15, 0.2) is 0 Å². The molecule has 2 aromatic rings. The van der Waals surface area contributed by atoms with E-state index in [0.29, 0.717) is 48.5 Å². The van der Waals surface area contributed by atoms with Crippen molar-refractivity contribution in [3.63, 3.8) is 0 Å². The Labute approximate surface area is 295 Å². The fourth-order valence-electron chi connectivity index (χ4n) is 8.12. The fraction of sp³-hybridized carbons (Fsp3) is 0.475. The number of amides is 1. The first-order valence-corrected chi connectivity index (χ1v) is 17.5. The second-order valence-corrected chi connectivity index (χ2v) is 13.2. The van der Waals surface area contributed by atoms with Crippen molar-refractivity contribution in [2.45, 2.75) is 62.7 Å². The third-order valence-corrected chi connectivity index (χ3v) is 10.3. The molecule has 1 amide bonds. The Bertz CT molecular complexity index is 1610. The van der Waals surface area contributed by atoms with Gasteiger partial charge in [-0.25, -0.2) is 0 Å². The molecular formula is C40H49N3O7. The van der Waals surface area contributed by atoms with E-state index in [1.807, 2.05) is 12.1 Å². The van der Waals surface area contributed by atoms with E-state index in [4.69, 9.17) is 19.0 Å². The quantitative estimate of drug-likeness (QED) is 0.115. The van der Waals surface area contributed by atoms with E-state index in [0.717, 1.165) is 42.5 Å². The van der Waals surface area contributed by atoms with E-state index in [1.165, 1.54) is 7.11 Å². The molecule has 2 aliphatic carbocycles. The van der Waals surface area contributed by atoms with Gasteiger partial charge in [0.1, 0.15) is 31.3 Å². The largest absolute Gasteiger partial charge is 0.490 e. The van der Waals surface area contributed by atoms with Crippen LogP contribution in [0.4, 0.5) is 0 Å². The van der Waals surface area contributed by atoms with Crippen LogP contribution in [0.5, 0.6) is 11.5 Å². The number of oxime groups is 1. The van der Waals surface area contributed by atoms with Crippen LogP contribution in [0, 0.1) is 29.1 Å². The average Bonchev–Trinajstić information content (AvgIpc) is 3.14. The molecule has 5 rings (SSSR count). The summed E-state index contributed by atoms with van der Waals surface area (Å²) in [6, 6.07) is 13.9. The maximum absolute atomic E-state index is 14.2. The van der Waals surface area contributed by atoms with Gasteiger partial charge < -0.3 is 34.2 Å². The van der Waals surface area contributed by atoms with Crippen molar-refractivity contribution in [2.75, 3.05) is 40.6 Å². The number of benzene rings is 2. The highest BCUT2D eigenvalue weighted by Crippen LogP contribution is 2.61. The normalized spacial score (nSPS) is 25.6. The number of nitriles is 1. The summed E-state index contributed by atoms with van der Waals surface area (Å²) in [4.78, 5) is 21.4. The van der Waals surface area contributed by atoms with Crippen LogP contribution in [0.2, 0.25) is 0 Å². The van der Waals surface area contributed by atoms with Gasteiger partial charge in [0.2, 0.25) is 5.79 Å². The van der Waals surface area contributed by atoms with Crippen molar-refractivity contribution in [1.29, 1.82) is 5.26 Å². The number of nitrogens with zero attached hydrogens (tertiary/aromatic N) is 3. The molecule has 10 heteroatoms. The zero-order valence-corrected chi connectivity index (χ0v) is 29.1. The van der Waals surface area contributed by atoms with Crippen molar-refractivity contribution in [3.8, 4) is 17.6 Å². The van der Waals surface area contributed by atoms with Crippen LogP contribution < -0.4 is 9.47 Å². The number of ether oxygens (including phenoxy) is 3. The number of hydrogen-bond acceptors (Lipinski definition) is 9. The Balaban J connectivity index is 1.74. The molecule has 50 heavy (non-hydrogen) atoms. The summed E-state index contributed by atoms with van der Waals surface area (Å²) in [7, 11) is 3.28. The summed E-state index contributed by atoms with van der Waals surface area (Å²) in [6.07, 6.45) is 10.8. The lowest BCUT2D eigenvalue weighted by Crippen LogP contribution is -2.69. The number of aliphatic hydroxyl groups is 2. The smallest absolute Gasteiger partial charge is 0.254 e. The maximum atomic E-state index is 14.2. The van der Waals surface area contributed by atoms with E-state index >= 15 is 0 Å². The summed E-state index contributed by atoms with van der Waals surface area (Å²) in [5.74, 6) is -0.537. The molecule has 266 valence electrons. The number of carbonyl (C=O) groups is 1. The summed E-state index contributed by atoms with van der Waals surface area (Å²) in [6.45, 7) is 8.52. The molecule has 2 N–H and O–H groups in total. The van der Waals surface area contributed by atoms with Crippen molar-refractivity contribution >= 4 is 11.6 Å². The summed E-state index contributed by atoms with van der Waals surface area (Å²) < 4.78 is 20.0. The summed E-state index contributed by atoms with van der Waals surface area (Å²) >= 11 is 0. The monoisotopic (exact) mass is 683 g/mol. The van der Waals surface area contributed by atoms with E-state index in [1.54, 1.807) is 48.4 Å². The van der Waals surface area contributed by atoms with Crippen molar-refractivity contribution in [3.05, 3.63) is 96.1 Å². The molecule has 0 saturated heterocycles. The van der Waals surface area contributed by atoms with E-state index < -0.39 is 17.7 Å². The van der Waals surface area contributed by atoms with Crippen LogP contribution in [-0.2, 0) is 9.57 Å². The maximum Gasteiger partial charge on any atom is 0.254 e. The van der Waals surface area contributed by atoms with Crippen LogP contribution in [0.15, 0.2) is 84.6 Å². The highest BCUT2D eigenvalue weighted by molar-refractivity contribution is 6.03. The van der Waals surface area contributed by atoms with E-state index in [-0.39, 0.29) is 43.5 Å². The first-order chi connectivity index (χ1) is 24.4. The Kier molecular flexibility index (Phi) is 12.5. The number of rotatable bonds is 17. The highest BCUT2D eigenvalue weighted by atomic mass is 16.7. The molecule has 3 aliphatic rings. The topological polar surface area (TPSA) is 134 Å². The number of fused-ring (bicyclic) bond motifs is 2. The Morgan fingerprint density at radius 3 is 2.46 bits per heavy atom. The second kappa shape index (κ2) is 17.0. The minimum absolute atomic E-state index is 0.109. The molecular weight excluding hydrogens is 634 g/mol. The number of aliphatic hydroxyl groups excluding tert-OH is 2. The molecule has 6 atom stereocenters. The van der Waals surface area contributed by atoms with Gasteiger partial charge >= 0.3 is 0 Å². The Morgan fingerprint density at radius 1 is 1.08 bits per heavy atom. The van der Waals surface area contributed by atoms with Gasteiger partial charge in [0.25, 0.3) is 5.91 Å². The SMILES string of the molecule is C=CCOc1ccc2c(c1)[C@H]1[C@H](CCCCO)[C@@H](CCCCO)C=C3C(=NOC)C[C@H](N(C)C(=O)c4ccc(C#N)cc4)[C@@](OCC=C)(O2)[C@H]31. The lowest BCUT2D eigenvalue weighted by molar-refractivity contribution is -0.252. The minimum Gasteiger partial charge on any atom is -0.490 e. The Morgan fingerprint density at radius 2 is 1.80 bits per heavy atom. The third kappa shape index (κ3) is 7.36. The zero-order valence-electron chi connectivity index (χ0n) is 29.1. The van der Waals surface area contributed by atoms with Crippen LogP contribution >= 0.6 is 0 Å². The van der Waals surface area contributed by atoms with E-state index in [2.05, 4.69) is 36.5 Å². The molecule has 0 aromatic heterocycles. The van der Waals surface area contributed by atoms with Gasteiger partial charge in [0.05, 0.1) is 29.9 Å². The minimum atomic E-state index is -1.34. The van der Waals surface area contributed by atoms with Crippen LogP contribution in [0.3, 0.4) is 0 Å². The lowest BCUT2D eigenvalue weighted by atomic mass is 9.55. The van der Waals surface area contributed by atoms with Gasteiger partial charge in [-0.05, 0) is 85.6 Å². The van der Waals surface area contributed by atoms with Crippen molar-refractivity contribution < 1.29 is 34.1 Å². The molecule has 0 radical (unpaired) electrons. The molecule has 10 nitrogen and oxygen atoms in total. The predicted octanol–water partition coefficient (Wildman–Crippen LogP) is 6.16. The van der Waals surface area contributed by atoms with Gasteiger partial charge in [-0.3, -0.25) is 4.79 Å². The highest BCUT2D eigenvalue weighted by Gasteiger charge is 2.65. The average molecular weight is 684 g/mol. The molecule has 0 unspecified atom stereocenters. The molecule has 1 aliphatic heterocycles. The van der Waals surface area contributed by atoms with Crippen molar-refractivity contribution in [2.24, 2.45) is 22.9 Å². The summed E-state index contributed by atoms with van der Waals surface area (Å²) in [5, 5.41) is 33.4. The number of allylic oxidation sites excluding steroid dienone is 1. The van der Waals surface area contributed by atoms with Crippen LogP contribution in [0.25, 0.3) is 0 Å². The number of hydrogen-bond donors (Lipinski definition) is 2. The molecule has 1 fully saturated rings. The molecule has 1 heterocycles. The van der Waals surface area contributed by atoms with Gasteiger partial charge in [-0.2, -0.15) is 5.26 Å². The fourth-order valence-corrected chi connectivity index (χ4v) is 8.12. The second-order valence-electron chi connectivity index (χ2n) is 13.2. The van der Waals surface area contributed by atoms with Crippen molar-refractivity contribution in [1.82, 2.24) is 4.90 Å². The third-order valence-electron chi connectivity index (χ3n) is 10.3.